The van der Waals surface area contributed by atoms with Crippen LogP contribution in [0.4, 0.5) is 5.69 Å². The van der Waals surface area contributed by atoms with Crippen molar-refractivity contribution in [2.24, 2.45) is 0 Å². The van der Waals surface area contributed by atoms with Gasteiger partial charge in [-0.1, -0.05) is 98.8 Å². The minimum Gasteiger partial charge on any atom is -0.488 e. The fraction of sp³-hybridized carbons (Fsp3) is 0.300. The standard InChI is InChI=1S/C50H49N5O7/c1-32(2)39-25-40(44(62-31-34-12-7-4-8-13-34)26-43(39)61-30-33-10-5-3-6-11-33)48(58)54-28-36-17-16-35(24-37(36)29-54)27-52-20-22-53(23-21-52)41-15-9-14-38-46(41)50(60)55(49(38)59)42-18-19-45(56)51-47(42)57/h3-17,24-26,32,42H,18-23,27-31H2,1-2H3,(H,51,56,57). The Morgan fingerprint density at radius 1 is 0.710 bits per heavy atom. The lowest BCUT2D eigenvalue weighted by molar-refractivity contribution is -0.136. The van der Waals surface area contributed by atoms with E-state index in [2.05, 4.69) is 47.2 Å². The molecule has 1 atom stereocenters. The molecular weight excluding hydrogens is 783 g/mol. The van der Waals surface area contributed by atoms with Gasteiger partial charge < -0.3 is 19.3 Å². The fourth-order valence-corrected chi connectivity index (χ4v) is 8.94. The zero-order chi connectivity index (χ0) is 42.9. The van der Waals surface area contributed by atoms with Crippen LogP contribution in [0.2, 0.25) is 0 Å². The Labute approximate surface area is 361 Å². The van der Waals surface area contributed by atoms with Gasteiger partial charge in [-0.2, -0.15) is 0 Å². The summed E-state index contributed by atoms with van der Waals surface area (Å²) in [4.78, 5) is 73.4. The summed E-state index contributed by atoms with van der Waals surface area (Å²) in [6.07, 6.45) is 0.190. The van der Waals surface area contributed by atoms with Crippen LogP contribution in [0.5, 0.6) is 11.5 Å². The molecule has 0 saturated carbocycles. The molecule has 316 valence electrons. The minimum atomic E-state index is -1.01. The highest BCUT2D eigenvalue weighted by Crippen LogP contribution is 2.38. The SMILES string of the molecule is CC(C)c1cc(C(=O)N2Cc3ccc(CN4CCN(c5cccc6c5C(=O)N(C5CCC(=O)NC5=O)C6=O)CC4)cc3C2)c(OCc2ccccc2)cc1OCc1ccccc1. The molecule has 9 rings (SSSR count). The van der Waals surface area contributed by atoms with Gasteiger partial charge in [0, 0.05) is 58.3 Å². The Bertz CT molecular complexity index is 2550. The lowest BCUT2D eigenvalue weighted by Gasteiger charge is -2.37. The molecule has 1 N–H and O–H groups in total. The average molecular weight is 832 g/mol. The maximum Gasteiger partial charge on any atom is 0.264 e. The number of amides is 5. The van der Waals surface area contributed by atoms with Crippen LogP contribution in [0.1, 0.15) is 97.1 Å². The van der Waals surface area contributed by atoms with Gasteiger partial charge in [0.1, 0.15) is 30.8 Å². The van der Waals surface area contributed by atoms with Crippen LogP contribution in [0.15, 0.2) is 109 Å². The number of carbonyl (C=O) groups is 5. The first-order chi connectivity index (χ1) is 30.1. The first-order valence-electron chi connectivity index (χ1n) is 21.3. The smallest absolute Gasteiger partial charge is 0.264 e. The lowest BCUT2D eigenvalue weighted by atomic mass is 9.98. The molecule has 62 heavy (non-hydrogen) atoms. The van der Waals surface area contributed by atoms with Gasteiger partial charge in [0.2, 0.25) is 11.8 Å². The average Bonchev–Trinajstić information content (AvgIpc) is 3.83. The number of rotatable bonds is 12. The highest BCUT2D eigenvalue weighted by molar-refractivity contribution is 6.25. The van der Waals surface area contributed by atoms with Crippen LogP contribution in [0.3, 0.4) is 0 Å². The van der Waals surface area contributed by atoms with E-state index >= 15 is 0 Å². The summed E-state index contributed by atoms with van der Waals surface area (Å²) in [6, 6.07) is 34.5. The van der Waals surface area contributed by atoms with E-state index in [0.717, 1.165) is 57.9 Å². The van der Waals surface area contributed by atoms with Crippen LogP contribution >= 0.6 is 0 Å². The van der Waals surface area contributed by atoms with Crippen molar-refractivity contribution in [3.05, 3.63) is 159 Å². The summed E-state index contributed by atoms with van der Waals surface area (Å²) in [5, 5.41) is 2.26. The van der Waals surface area contributed by atoms with Crippen LogP contribution in [0, 0.1) is 0 Å². The molecule has 4 aliphatic rings. The van der Waals surface area contributed by atoms with Gasteiger partial charge in [-0.25, -0.2) is 0 Å². The number of piperidine rings is 1. The number of anilines is 1. The maximum atomic E-state index is 14.5. The number of hydrogen-bond donors (Lipinski definition) is 1. The van der Waals surface area contributed by atoms with Crippen molar-refractivity contribution >= 4 is 35.2 Å². The number of nitrogens with zero attached hydrogens (tertiary/aromatic N) is 4. The molecule has 5 aromatic rings. The first-order valence-corrected chi connectivity index (χ1v) is 21.3. The van der Waals surface area contributed by atoms with Crippen molar-refractivity contribution in [2.75, 3.05) is 31.1 Å². The third-order valence-corrected chi connectivity index (χ3v) is 12.3. The maximum absolute atomic E-state index is 14.5. The molecule has 0 aromatic heterocycles. The largest absolute Gasteiger partial charge is 0.488 e. The molecule has 0 aliphatic carbocycles. The number of nitrogens with one attached hydrogen (secondary N) is 1. The first kappa shape index (κ1) is 40.6. The highest BCUT2D eigenvalue weighted by atomic mass is 16.5. The number of ether oxygens (including phenoxy) is 2. The van der Waals surface area contributed by atoms with Crippen molar-refractivity contribution in [1.82, 2.24) is 20.0 Å². The second kappa shape index (κ2) is 17.3. The van der Waals surface area contributed by atoms with Crippen LogP contribution in [-0.4, -0.2) is 76.5 Å². The van der Waals surface area contributed by atoms with Crippen LogP contribution in [-0.2, 0) is 42.4 Å². The van der Waals surface area contributed by atoms with E-state index in [-0.39, 0.29) is 30.2 Å². The Morgan fingerprint density at radius 3 is 2.06 bits per heavy atom. The normalized spacial score (nSPS) is 17.7. The summed E-state index contributed by atoms with van der Waals surface area (Å²) in [7, 11) is 0. The molecule has 2 fully saturated rings. The minimum absolute atomic E-state index is 0.0745. The van der Waals surface area contributed by atoms with E-state index in [1.165, 1.54) is 0 Å². The van der Waals surface area contributed by atoms with Gasteiger partial charge in [-0.05, 0) is 63.9 Å². The van der Waals surface area contributed by atoms with Gasteiger partial charge in [0.15, 0.2) is 0 Å². The van der Waals surface area contributed by atoms with Gasteiger partial charge in [-0.15, -0.1) is 0 Å². The third-order valence-electron chi connectivity index (χ3n) is 12.3. The zero-order valence-electron chi connectivity index (χ0n) is 35.0. The van der Waals surface area contributed by atoms with E-state index in [0.29, 0.717) is 67.7 Å². The quantitative estimate of drug-likeness (QED) is 0.134. The van der Waals surface area contributed by atoms with E-state index in [1.807, 2.05) is 83.8 Å². The van der Waals surface area contributed by atoms with Crippen molar-refractivity contribution in [1.29, 1.82) is 0 Å². The summed E-state index contributed by atoms with van der Waals surface area (Å²) < 4.78 is 12.8. The Hall–Kier alpha value is -6.79. The Morgan fingerprint density at radius 2 is 1.39 bits per heavy atom. The number of fused-ring (bicyclic) bond motifs is 2. The van der Waals surface area contributed by atoms with Crippen molar-refractivity contribution in [3.63, 3.8) is 0 Å². The molecule has 0 bridgehead atoms. The molecule has 4 heterocycles. The number of hydrogen-bond acceptors (Lipinski definition) is 9. The molecule has 4 aliphatic heterocycles. The Balaban J connectivity index is 0.868. The molecule has 5 aromatic carbocycles. The summed E-state index contributed by atoms with van der Waals surface area (Å²) in [5.74, 6) is -0.818. The number of carbonyl (C=O) groups excluding carboxylic acids is 5. The molecule has 5 amide bonds. The summed E-state index contributed by atoms with van der Waals surface area (Å²) in [5.41, 5.74) is 8.19. The van der Waals surface area contributed by atoms with E-state index in [4.69, 9.17) is 9.47 Å². The number of piperazine rings is 1. The van der Waals surface area contributed by atoms with Crippen LogP contribution < -0.4 is 19.7 Å². The van der Waals surface area contributed by atoms with Crippen LogP contribution in [0.25, 0.3) is 0 Å². The lowest BCUT2D eigenvalue weighted by Crippen LogP contribution is -2.54. The number of imide groups is 2. The monoisotopic (exact) mass is 831 g/mol. The second-order valence-electron chi connectivity index (χ2n) is 16.8. The van der Waals surface area contributed by atoms with E-state index in [1.54, 1.807) is 12.1 Å². The van der Waals surface area contributed by atoms with E-state index in [9.17, 15) is 24.0 Å². The summed E-state index contributed by atoms with van der Waals surface area (Å²) >= 11 is 0. The molecular formula is C50H49N5O7. The van der Waals surface area contributed by atoms with Crippen molar-refractivity contribution in [2.45, 2.75) is 71.5 Å². The van der Waals surface area contributed by atoms with E-state index < -0.39 is 29.7 Å². The van der Waals surface area contributed by atoms with Gasteiger partial charge in [0.05, 0.1) is 22.4 Å². The van der Waals surface area contributed by atoms with Crippen molar-refractivity contribution < 1.29 is 33.4 Å². The topological polar surface area (TPSA) is 129 Å². The molecule has 12 heteroatoms. The molecule has 2 saturated heterocycles. The van der Waals surface area contributed by atoms with Crippen molar-refractivity contribution in [3.8, 4) is 11.5 Å². The fourth-order valence-electron chi connectivity index (χ4n) is 8.94. The predicted molar refractivity (Wildman–Crippen MR) is 233 cm³/mol. The molecule has 12 nitrogen and oxygen atoms in total. The predicted octanol–water partition coefficient (Wildman–Crippen LogP) is 6.85. The highest BCUT2D eigenvalue weighted by Gasteiger charge is 2.46. The third kappa shape index (κ3) is 8.17. The molecule has 0 radical (unpaired) electrons. The molecule has 0 spiro atoms. The van der Waals surface area contributed by atoms with Gasteiger partial charge in [-0.3, -0.25) is 39.1 Å². The number of benzene rings is 5. The Kier molecular flexibility index (Phi) is 11.3. The second-order valence-corrected chi connectivity index (χ2v) is 16.8. The molecule has 1 unspecified atom stereocenters. The van der Waals surface area contributed by atoms with Gasteiger partial charge >= 0.3 is 0 Å². The zero-order valence-corrected chi connectivity index (χ0v) is 35.0. The summed E-state index contributed by atoms with van der Waals surface area (Å²) in [6.45, 7) is 9.39. The van der Waals surface area contributed by atoms with Gasteiger partial charge in [0.25, 0.3) is 17.7 Å².